The number of hydrogen-bond donors (Lipinski definition) is 0. The Morgan fingerprint density at radius 1 is 0.974 bits per heavy atom. The van der Waals surface area contributed by atoms with Crippen LogP contribution in [-0.4, -0.2) is 66.1 Å². The molecule has 5 rings (SSSR count). The van der Waals surface area contributed by atoms with Gasteiger partial charge in [-0.25, -0.2) is 4.39 Å². The van der Waals surface area contributed by atoms with Crippen molar-refractivity contribution < 1.29 is 9.13 Å². The summed E-state index contributed by atoms with van der Waals surface area (Å²) in [6.45, 7) is 17.6. The summed E-state index contributed by atoms with van der Waals surface area (Å²) < 4.78 is 21.0. The summed E-state index contributed by atoms with van der Waals surface area (Å²) >= 11 is 0. The third-order valence-electron chi connectivity index (χ3n) is 9.69. The Labute approximate surface area is 230 Å². The van der Waals surface area contributed by atoms with E-state index in [-0.39, 0.29) is 17.4 Å². The van der Waals surface area contributed by atoms with Crippen molar-refractivity contribution in [2.24, 2.45) is 5.41 Å². The molecule has 1 unspecified atom stereocenters. The highest BCUT2D eigenvalue weighted by molar-refractivity contribution is 5.35. The largest absolute Gasteiger partial charge is 0.497 e. The van der Waals surface area contributed by atoms with E-state index in [4.69, 9.17) is 4.74 Å². The van der Waals surface area contributed by atoms with Crippen LogP contribution in [0.1, 0.15) is 89.0 Å². The number of methoxy groups -OCH3 is 1. The zero-order valence-electron chi connectivity index (χ0n) is 24.5. The first-order valence-corrected chi connectivity index (χ1v) is 14.7. The molecule has 208 valence electrons. The molecule has 0 N–H and O–H groups in total. The zero-order valence-corrected chi connectivity index (χ0v) is 24.5. The van der Waals surface area contributed by atoms with Gasteiger partial charge in [-0.05, 0) is 100 Å². The van der Waals surface area contributed by atoms with Crippen molar-refractivity contribution in [3.63, 3.8) is 0 Å². The molecule has 5 heteroatoms. The lowest BCUT2D eigenvalue weighted by molar-refractivity contribution is -0.0863. The first-order valence-electron chi connectivity index (χ1n) is 14.7. The number of hydrogen-bond acceptors (Lipinski definition) is 4. The van der Waals surface area contributed by atoms with E-state index in [9.17, 15) is 0 Å². The Bertz CT molecular complexity index is 1080. The average Bonchev–Trinajstić information content (AvgIpc) is 2.87. The molecule has 2 aromatic carbocycles. The molecule has 1 saturated carbocycles. The fraction of sp³-hybridized carbons (Fsp3) is 0.636. The van der Waals surface area contributed by atoms with Gasteiger partial charge in [-0.3, -0.25) is 14.7 Å². The van der Waals surface area contributed by atoms with E-state index < -0.39 is 0 Å². The highest BCUT2D eigenvalue weighted by Crippen LogP contribution is 2.53. The maximum Gasteiger partial charge on any atom is 0.128 e. The predicted molar refractivity (Wildman–Crippen MR) is 154 cm³/mol. The van der Waals surface area contributed by atoms with Crippen molar-refractivity contribution in [3.05, 3.63) is 65.0 Å². The van der Waals surface area contributed by atoms with E-state index in [0.29, 0.717) is 17.4 Å². The summed E-state index contributed by atoms with van der Waals surface area (Å²) in [6.07, 6.45) is 5.15. The van der Waals surface area contributed by atoms with Crippen LogP contribution in [0.3, 0.4) is 0 Å². The minimum absolute atomic E-state index is 0.0370. The number of ether oxygens (including phenoxy) is 1. The average molecular weight is 522 g/mol. The molecule has 3 aliphatic rings. The summed E-state index contributed by atoms with van der Waals surface area (Å²) in [5.41, 5.74) is 4.13. The van der Waals surface area contributed by atoms with Crippen molar-refractivity contribution in [1.82, 2.24) is 14.7 Å². The second-order valence-electron chi connectivity index (χ2n) is 13.5. The summed E-state index contributed by atoms with van der Waals surface area (Å²) in [5, 5.41) is 0. The van der Waals surface area contributed by atoms with Crippen LogP contribution in [0, 0.1) is 11.2 Å². The molecule has 1 aliphatic carbocycles. The topological polar surface area (TPSA) is 19.0 Å². The normalized spacial score (nSPS) is 23.6. The van der Waals surface area contributed by atoms with E-state index in [0.717, 1.165) is 37.5 Å². The van der Waals surface area contributed by atoms with Gasteiger partial charge in [0, 0.05) is 43.3 Å². The Balaban J connectivity index is 1.34. The monoisotopic (exact) mass is 521 g/mol. The Kier molecular flexibility index (Phi) is 7.92. The second-order valence-corrected chi connectivity index (χ2v) is 13.5. The molecule has 2 saturated heterocycles. The van der Waals surface area contributed by atoms with E-state index in [1.165, 1.54) is 49.9 Å². The second kappa shape index (κ2) is 10.9. The van der Waals surface area contributed by atoms with E-state index in [1.807, 2.05) is 18.2 Å². The lowest BCUT2D eigenvalue weighted by Gasteiger charge is -2.59. The van der Waals surface area contributed by atoms with Gasteiger partial charge < -0.3 is 4.74 Å². The number of likely N-dealkylation sites (tertiary alicyclic amines) is 1. The fourth-order valence-electron chi connectivity index (χ4n) is 7.32. The third kappa shape index (κ3) is 5.66. The predicted octanol–water partition coefficient (Wildman–Crippen LogP) is 6.86. The molecule has 1 atom stereocenters. The Morgan fingerprint density at radius 3 is 2.26 bits per heavy atom. The van der Waals surface area contributed by atoms with Gasteiger partial charge in [-0.15, -0.1) is 0 Å². The molecule has 4 nitrogen and oxygen atoms in total. The molecule has 1 spiro atoms. The first kappa shape index (κ1) is 27.6. The molecule has 2 aromatic rings. The van der Waals surface area contributed by atoms with E-state index >= 15 is 4.39 Å². The highest BCUT2D eigenvalue weighted by atomic mass is 19.1. The van der Waals surface area contributed by atoms with Crippen LogP contribution in [0.2, 0.25) is 0 Å². The number of halogens is 1. The number of rotatable bonds is 6. The third-order valence-corrected chi connectivity index (χ3v) is 9.69. The number of benzene rings is 2. The molecule has 0 amide bonds. The lowest BCUT2D eigenvalue weighted by Crippen LogP contribution is -2.60. The minimum atomic E-state index is -0.0370. The summed E-state index contributed by atoms with van der Waals surface area (Å²) in [4.78, 5) is 7.87. The molecule has 0 bridgehead atoms. The quantitative estimate of drug-likeness (QED) is 0.413. The van der Waals surface area contributed by atoms with Crippen LogP contribution in [0.4, 0.5) is 4.39 Å². The van der Waals surface area contributed by atoms with Gasteiger partial charge in [0.05, 0.1) is 13.2 Å². The van der Waals surface area contributed by atoms with Crippen LogP contribution in [0.15, 0.2) is 42.5 Å². The maximum atomic E-state index is 15.6. The van der Waals surface area contributed by atoms with Crippen molar-refractivity contribution >= 4 is 0 Å². The first-order chi connectivity index (χ1) is 18.1. The van der Waals surface area contributed by atoms with Crippen LogP contribution >= 0.6 is 0 Å². The van der Waals surface area contributed by atoms with Crippen LogP contribution in [-0.2, 0) is 6.54 Å². The Morgan fingerprint density at radius 2 is 1.66 bits per heavy atom. The molecule has 2 aliphatic heterocycles. The smallest absolute Gasteiger partial charge is 0.128 e. The summed E-state index contributed by atoms with van der Waals surface area (Å²) in [5.74, 6) is 1.15. The number of piperazine rings is 1. The van der Waals surface area contributed by atoms with E-state index in [1.54, 1.807) is 13.2 Å². The SMILES string of the molecule is COc1ccc(CN2CCN(C3CC4(CCN(C(C)(C)C)CC4)C3)C(c3c(F)cccc3C(C)C)C2)cc1. The van der Waals surface area contributed by atoms with Crippen molar-refractivity contribution in [2.45, 2.75) is 90.4 Å². The standard InChI is InChI=1S/C33H48FN3O/c1-24(2)28-8-7-9-29(34)31(28)30-23-35(22-25-10-12-27(38-6)13-11-25)18-19-37(30)26-20-33(21-26)14-16-36(17-15-33)32(3,4)5/h7-13,24,26,30H,14-23H2,1-6H3. The molecule has 2 heterocycles. The molecular weight excluding hydrogens is 473 g/mol. The van der Waals surface area contributed by atoms with E-state index in [2.05, 4.69) is 67.5 Å². The van der Waals surface area contributed by atoms with Crippen molar-refractivity contribution in [3.8, 4) is 5.75 Å². The van der Waals surface area contributed by atoms with Gasteiger partial charge >= 0.3 is 0 Å². The molecule has 3 fully saturated rings. The summed E-state index contributed by atoms with van der Waals surface area (Å²) in [7, 11) is 1.71. The van der Waals surface area contributed by atoms with Gasteiger partial charge in [-0.1, -0.05) is 38.1 Å². The van der Waals surface area contributed by atoms with Crippen molar-refractivity contribution in [1.29, 1.82) is 0 Å². The van der Waals surface area contributed by atoms with Gasteiger partial charge in [0.15, 0.2) is 0 Å². The molecular formula is C33H48FN3O. The fourth-order valence-corrected chi connectivity index (χ4v) is 7.32. The van der Waals surface area contributed by atoms with Crippen molar-refractivity contribution in [2.75, 3.05) is 39.8 Å². The van der Waals surface area contributed by atoms with Gasteiger partial charge in [0.25, 0.3) is 0 Å². The molecule has 0 radical (unpaired) electrons. The number of piperidine rings is 1. The van der Waals surface area contributed by atoms with Crippen LogP contribution < -0.4 is 4.74 Å². The van der Waals surface area contributed by atoms with Gasteiger partial charge in [0.1, 0.15) is 11.6 Å². The zero-order chi connectivity index (χ0) is 27.1. The van der Waals surface area contributed by atoms with Gasteiger partial charge in [0.2, 0.25) is 0 Å². The molecule has 0 aromatic heterocycles. The van der Waals surface area contributed by atoms with Gasteiger partial charge in [-0.2, -0.15) is 0 Å². The summed E-state index contributed by atoms with van der Waals surface area (Å²) in [6, 6.07) is 14.7. The van der Waals surface area contributed by atoms with Crippen LogP contribution in [0.25, 0.3) is 0 Å². The molecule has 38 heavy (non-hydrogen) atoms. The number of nitrogens with zero attached hydrogens (tertiary/aromatic N) is 3. The highest BCUT2D eigenvalue weighted by Gasteiger charge is 2.50. The lowest BCUT2D eigenvalue weighted by atomic mass is 9.59. The van der Waals surface area contributed by atoms with Crippen LogP contribution in [0.5, 0.6) is 5.75 Å². The maximum absolute atomic E-state index is 15.6. The Hall–Kier alpha value is -1.95. The minimum Gasteiger partial charge on any atom is -0.497 e.